The average molecular weight is 525 g/mol. The third-order valence-electron chi connectivity index (χ3n) is 3.50. The van der Waals surface area contributed by atoms with Gasteiger partial charge in [-0.25, -0.2) is 0 Å². The molecule has 3 aromatic rings. The first-order chi connectivity index (χ1) is 11.8. The van der Waals surface area contributed by atoms with Crippen molar-refractivity contribution in [3.8, 4) is 11.3 Å². The van der Waals surface area contributed by atoms with Crippen LogP contribution < -0.4 is 0 Å². The van der Waals surface area contributed by atoms with Gasteiger partial charge in [-0.3, -0.25) is 9.78 Å². The molecule has 1 radical (unpaired) electrons. The maximum absolute atomic E-state index is 10.0. The molecule has 0 unspecified atom stereocenters. The molecule has 1 heterocycles. The fourth-order valence-electron chi connectivity index (χ4n) is 2.33. The van der Waals surface area contributed by atoms with Gasteiger partial charge in [0.1, 0.15) is 0 Å². The summed E-state index contributed by atoms with van der Waals surface area (Å²) in [7, 11) is 0. The number of aromatic nitrogens is 1. The van der Waals surface area contributed by atoms with Gasteiger partial charge in [0, 0.05) is 26.2 Å². The topological polar surface area (TPSA) is 50.2 Å². The van der Waals surface area contributed by atoms with Crippen LogP contribution in [0.1, 0.15) is 25.0 Å². The zero-order valence-electron chi connectivity index (χ0n) is 15.3. The normalized spacial score (nSPS) is 10.5. The van der Waals surface area contributed by atoms with Gasteiger partial charge in [-0.15, -0.1) is 35.4 Å². The number of fused-ring (bicyclic) bond motifs is 1. The smallest absolute Gasteiger partial charge is 0.155 e. The molecule has 137 valence electrons. The standard InChI is InChI=1S/C17H14N.C5H8O2.Ir/c1-12-3-6-14(7-4-12)16-10-9-15-8-5-13(2)11-17(15)18-16;1-4(6)3-5(2)7;/h3-6,8-11H,1-2H3;3,6H,1-2H3;/q-1;;/b;4-3-;. The van der Waals surface area contributed by atoms with E-state index in [0.29, 0.717) is 0 Å². The second-order valence-corrected chi connectivity index (χ2v) is 6.07. The molecule has 0 saturated carbocycles. The molecule has 3 nitrogen and oxygen atoms in total. The van der Waals surface area contributed by atoms with Crippen molar-refractivity contribution in [2.24, 2.45) is 0 Å². The molecule has 0 saturated heterocycles. The fourth-order valence-corrected chi connectivity index (χ4v) is 2.33. The van der Waals surface area contributed by atoms with E-state index in [4.69, 9.17) is 10.1 Å². The molecule has 0 amide bonds. The predicted octanol–water partition coefficient (Wildman–Crippen LogP) is 5.35. The van der Waals surface area contributed by atoms with Crippen molar-refractivity contribution >= 4 is 16.7 Å². The molecule has 0 spiro atoms. The molecule has 0 aliphatic carbocycles. The van der Waals surface area contributed by atoms with Crippen LogP contribution in [-0.2, 0) is 24.9 Å². The zero-order chi connectivity index (χ0) is 18.4. The van der Waals surface area contributed by atoms with Gasteiger partial charge in [-0.1, -0.05) is 31.2 Å². The third-order valence-corrected chi connectivity index (χ3v) is 3.50. The summed E-state index contributed by atoms with van der Waals surface area (Å²) in [4.78, 5) is 14.7. The molecular formula is C22H22IrNO2-. The Hall–Kier alpha value is -2.29. The molecule has 4 heteroatoms. The van der Waals surface area contributed by atoms with E-state index < -0.39 is 0 Å². The number of allylic oxidation sites excluding steroid dienone is 2. The summed E-state index contributed by atoms with van der Waals surface area (Å²) in [5.41, 5.74) is 5.52. The van der Waals surface area contributed by atoms with Crippen LogP contribution in [0.5, 0.6) is 0 Å². The third kappa shape index (κ3) is 6.55. The van der Waals surface area contributed by atoms with Crippen LogP contribution in [0, 0.1) is 19.9 Å². The van der Waals surface area contributed by atoms with E-state index in [1.165, 1.54) is 36.4 Å². The summed E-state index contributed by atoms with van der Waals surface area (Å²) in [6.45, 7) is 7.00. The second kappa shape index (κ2) is 10.0. The summed E-state index contributed by atoms with van der Waals surface area (Å²) in [6.07, 6.45) is 1.17. The average Bonchev–Trinajstić information content (AvgIpc) is 2.54. The van der Waals surface area contributed by atoms with E-state index in [9.17, 15) is 4.79 Å². The first-order valence-corrected chi connectivity index (χ1v) is 8.09. The number of nitrogens with zero attached hydrogens (tertiary/aromatic N) is 1. The number of carbonyl (C=O) groups is 1. The van der Waals surface area contributed by atoms with Crippen molar-refractivity contribution < 1.29 is 30.0 Å². The molecule has 2 aromatic carbocycles. The Bertz CT molecular complexity index is 911. The molecule has 1 aromatic heterocycles. The number of ketones is 1. The monoisotopic (exact) mass is 525 g/mol. The van der Waals surface area contributed by atoms with E-state index in [1.807, 2.05) is 6.07 Å². The van der Waals surface area contributed by atoms with Crippen LogP contribution in [0.2, 0.25) is 0 Å². The second-order valence-electron chi connectivity index (χ2n) is 6.07. The Balaban J connectivity index is 0.000000366. The molecule has 0 fully saturated rings. The number of aliphatic hydroxyl groups excluding tert-OH is 1. The Labute approximate surface area is 168 Å². The summed E-state index contributed by atoms with van der Waals surface area (Å²) in [6, 6.07) is 19.9. The summed E-state index contributed by atoms with van der Waals surface area (Å²) in [5.74, 6) is -0.0625. The molecule has 0 aliphatic heterocycles. The number of hydrogen-bond acceptors (Lipinski definition) is 3. The van der Waals surface area contributed by atoms with E-state index in [1.54, 1.807) is 0 Å². The van der Waals surface area contributed by atoms with Gasteiger partial charge in [0.05, 0.1) is 11.3 Å². The van der Waals surface area contributed by atoms with Gasteiger partial charge in [0.25, 0.3) is 0 Å². The Morgan fingerprint density at radius 1 is 1.04 bits per heavy atom. The minimum Gasteiger partial charge on any atom is -0.512 e. The number of rotatable bonds is 2. The first-order valence-electron chi connectivity index (χ1n) is 8.09. The Kier molecular flexibility index (Phi) is 8.37. The van der Waals surface area contributed by atoms with Crippen molar-refractivity contribution in [3.63, 3.8) is 0 Å². The summed E-state index contributed by atoms with van der Waals surface area (Å²) < 4.78 is 0. The molecule has 0 bridgehead atoms. The quantitative estimate of drug-likeness (QED) is 0.279. The van der Waals surface area contributed by atoms with Crippen molar-refractivity contribution in [1.82, 2.24) is 4.98 Å². The zero-order valence-corrected chi connectivity index (χ0v) is 17.7. The maximum atomic E-state index is 10.0. The maximum Gasteiger partial charge on any atom is 0.155 e. The van der Waals surface area contributed by atoms with Crippen LogP contribution in [0.15, 0.2) is 60.4 Å². The van der Waals surface area contributed by atoms with Gasteiger partial charge < -0.3 is 5.11 Å². The molecule has 3 rings (SSSR count). The van der Waals surface area contributed by atoms with Crippen LogP contribution in [0.4, 0.5) is 0 Å². The van der Waals surface area contributed by atoms with E-state index >= 15 is 0 Å². The van der Waals surface area contributed by atoms with Gasteiger partial charge in [0.2, 0.25) is 0 Å². The van der Waals surface area contributed by atoms with Crippen molar-refractivity contribution in [1.29, 1.82) is 0 Å². The largest absolute Gasteiger partial charge is 0.512 e. The molecule has 0 aliphatic rings. The van der Waals surface area contributed by atoms with E-state index in [0.717, 1.165) is 16.8 Å². The van der Waals surface area contributed by atoms with Gasteiger partial charge in [-0.05, 0) is 43.5 Å². The summed E-state index contributed by atoms with van der Waals surface area (Å²) in [5, 5.41) is 9.54. The van der Waals surface area contributed by atoms with Crippen molar-refractivity contribution in [2.45, 2.75) is 27.7 Å². The van der Waals surface area contributed by atoms with E-state index in [2.05, 4.69) is 62.4 Å². The van der Waals surface area contributed by atoms with Gasteiger partial charge >= 0.3 is 0 Å². The number of hydrogen-bond donors (Lipinski definition) is 1. The van der Waals surface area contributed by atoms with Crippen LogP contribution in [-0.4, -0.2) is 15.9 Å². The van der Waals surface area contributed by atoms with Gasteiger partial charge in [-0.2, -0.15) is 0 Å². The van der Waals surface area contributed by atoms with Crippen molar-refractivity contribution in [2.75, 3.05) is 0 Å². The number of carbonyl (C=O) groups excluding carboxylic acids is 1. The molecule has 1 N–H and O–H groups in total. The Morgan fingerprint density at radius 3 is 2.23 bits per heavy atom. The van der Waals surface area contributed by atoms with Crippen LogP contribution in [0.25, 0.3) is 22.2 Å². The van der Waals surface area contributed by atoms with E-state index in [-0.39, 0.29) is 31.6 Å². The summed E-state index contributed by atoms with van der Waals surface area (Å²) >= 11 is 0. The number of aryl methyl sites for hydroxylation is 2. The molecule has 26 heavy (non-hydrogen) atoms. The minimum absolute atomic E-state index is 0. The minimum atomic E-state index is -0.125. The predicted molar refractivity (Wildman–Crippen MR) is 103 cm³/mol. The molecule has 0 atom stereocenters. The number of aliphatic hydroxyl groups is 1. The van der Waals surface area contributed by atoms with Crippen LogP contribution in [0.3, 0.4) is 0 Å². The Morgan fingerprint density at radius 2 is 1.69 bits per heavy atom. The molecular weight excluding hydrogens is 502 g/mol. The number of pyridine rings is 1. The fraction of sp³-hybridized carbons (Fsp3) is 0.182. The van der Waals surface area contributed by atoms with Crippen molar-refractivity contribution in [3.05, 3.63) is 77.6 Å². The van der Waals surface area contributed by atoms with Crippen LogP contribution >= 0.6 is 0 Å². The van der Waals surface area contributed by atoms with Gasteiger partial charge in [0.15, 0.2) is 5.78 Å². The number of benzene rings is 2. The SMILES string of the molecule is CC(=O)/C=C(/C)O.Cc1c[c-]c(-c2ccc3ccc(C)cc3n2)cc1.[Ir]. The first kappa shape index (κ1) is 21.8.